The minimum atomic E-state index is -0.805. The van der Waals surface area contributed by atoms with Gasteiger partial charge in [-0.05, 0) is 18.2 Å². The molecule has 0 radical (unpaired) electrons. The van der Waals surface area contributed by atoms with E-state index in [1.807, 2.05) is 6.92 Å². The van der Waals surface area contributed by atoms with Crippen molar-refractivity contribution >= 4 is 27.0 Å². The zero-order chi connectivity index (χ0) is 14.3. The van der Waals surface area contributed by atoms with Crippen LogP contribution in [0, 0.1) is 0 Å². The second kappa shape index (κ2) is 4.96. The number of benzene rings is 1. The van der Waals surface area contributed by atoms with Crippen molar-refractivity contribution in [1.29, 1.82) is 0 Å². The number of hydrogen-bond acceptors (Lipinski definition) is 3. The Morgan fingerprint density at radius 2 is 2.00 bits per heavy atom. The number of aryl methyl sites for hydroxylation is 1. The molecule has 104 valence electrons. The summed E-state index contributed by atoms with van der Waals surface area (Å²) in [6.45, 7) is 1.97. The number of aliphatic hydroxyl groups is 1. The number of fused-ring (bicyclic) bond motifs is 1. The summed E-state index contributed by atoms with van der Waals surface area (Å²) in [5.74, 6) is 0.757. The maximum Gasteiger partial charge on any atom is 0.323 e. The van der Waals surface area contributed by atoms with Gasteiger partial charge >= 0.3 is 5.69 Å². The lowest BCUT2D eigenvalue weighted by atomic mass is 10.0. The van der Waals surface area contributed by atoms with Crippen molar-refractivity contribution in [3.05, 3.63) is 56.3 Å². The molecule has 0 spiro atoms. The minimum Gasteiger partial charge on any atom is -0.469 e. The molecular weight excluding hydrogens is 324 g/mol. The molecule has 1 aromatic carbocycles. The highest BCUT2D eigenvalue weighted by Gasteiger charge is 2.19. The van der Waals surface area contributed by atoms with Crippen molar-refractivity contribution in [2.24, 2.45) is 0 Å². The molecule has 3 N–H and O–H groups in total. The first-order valence-electron chi connectivity index (χ1n) is 6.26. The molecular formula is C14H13BrN2O3. The van der Waals surface area contributed by atoms with Crippen LogP contribution in [-0.2, 0) is 6.42 Å². The van der Waals surface area contributed by atoms with E-state index in [0.29, 0.717) is 23.0 Å². The predicted molar refractivity (Wildman–Crippen MR) is 78.8 cm³/mol. The lowest BCUT2D eigenvalue weighted by Gasteiger charge is -2.13. The summed E-state index contributed by atoms with van der Waals surface area (Å²) in [6.07, 6.45) is 1.48. The Morgan fingerprint density at radius 1 is 1.30 bits per heavy atom. The van der Waals surface area contributed by atoms with Gasteiger partial charge in [0.05, 0.1) is 17.3 Å². The second-order valence-electron chi connectivity index (χ2n) is 4.55. The summed E-state index contributed by atoms with van der Waals surface area (Å²) in [4.78, 5) is 16.7. The van der Waals surface area contributed by atoms with Crippen molar-refractivity contribution in [3.63, 3.8) is 0 Å². The number of halogens is 1. The summed E-state index contributed by atoms with van der Waals surface area (Å²) in [7, 11) is 0. The number of aromatic amines is 2. The number of aromatic nitrogens is 2. The molecule has 0 saturated carbocycles. The molecule has 20 heavy (non-hydrogen) atoms. The topological polar surface area (TPSA) is 82.0 Å². The second-order valence-corrected chi connectivity index (χ2v) is 5.41. The Balaban J connectivity index is 2.13. The average molecular weight is 337 g/mol. The van der Waals surface area contributed by atoms with E-state index in [9.17, 15) is 9.90 Å². The Bertz CT molecular complexity index is 815. The van der Waals surface area contributed by atoms with Crippen LogP contribution in [0.15, 0.2) is 38.1 Å². The normalized spacial score (nSPS) is 12.9. The van der Waals surface area contributed by atoms with Crippen LogP contribution in [0.4, 0.5) is 0 Å². The third-order valence-electron chi connectivity index (χ3n) is 3.32. The molecule has 1 atom stereocenters. The molecule has 3 aromatic rings. The standard InChI is InChI=1S/C14H13BrN2O3/c1-2-12-7(3-4-20-12)13(18)8-5-10-11(6-9(8)15)17-14(19)16-10/h3-6,13,18H,2H2,1H3,(H2,16,17,19). The van der Waals surface area contributed by atoms with E-state index in [-0.39, 0.29) is 5.69 Å². The number of furan rings is 1. The zero-order valence-corrected chi connectivity index (χ0v) is 12.3. The molecule has 0 amide bonds. The fraction of sp³-hybridized carbons (Fsp3) is 0.214. The van der Waals surface area contributed by atoms with E-state index >= 15 is 0 Å². The summed E-state index contributed by atoms with van der Waals surface area (Å²) in [5.41, 5.74) is 2.51. The third-order valence-corrected chi connectivity index (χ3v) is 4.01. The highest BCUT2D eigenvalue weighted by molar-refractivity contribution is 9.10. The third kappa shape index (κ3) is 2.10. The van der Waals surface area contributed by atoms with E-state index in [0.717, 1.165) is 15.8 Å². The molecule has 0 saturated heterocycles. The number of H-pyrrole nitrogens is 2. The monoisotopic (exact) mass is 336 g/mol. The Hall–Kier alpha value is -1.79. The molecule has 3 rings (SSSR count). The van der Waals surface area contributed by atoms with Crippen LogP contribution in [0.5, 0.6) is 0 Å². The smallest absolute Gasteiger partial charge is 0.323 e. The van der Waals surface area contributed by atoms with Gasteiger partial charge in [-0.25, -0.2) is 4.79 Å². The number of rotatable bonds is 3. The lowest BCUT2D eigenvalue weighted by Crippen LogP contribution is -2.02. The molecule has 2 heterocycles. The molecule has 5 nitrogen and oxygen atoms in total. The first-order valence-corrected chi connectivity index (χ1v) is 7.05. The van der Waals surface area contributed by atoms with E-state index in [1.165, 1.54) is 0 Å². The van der Waals surface area contributed by atoms with Crippen molar-refractivity contribution in [1.82, 2.24) is 9.97 Å². The largest absolute Gasteiger partial charge is 0.469 e. The fourth-order valence-electron chi connectivity index (χ4n) is 2.33. The lowest BCUT2D eigenvalue weighted by molar-refractivity contribution is 0.216. The minimum absolute atomic E-state index is 0.268. The summed E-state index contributed by atoms with van der Waals surface area (Å²) < 4.78 is 6.08. The van der Waals surface area contributed by atoms with Gasteiger partial charge in [-0.3, -0.25) is 0 Å². The van der Waals surface area contributed by atoms with Crippen LogP contribution < -0.4 is 5.69 Å². The van der Waals surface area contributed by atoms with Gasteiger partial charge in [0.2, 0.25) is 0 Å². The van der Waals surface area contributed by atoms with Crippen LogP contribution in [0.2, 0.25) is 0 Å². The van der Waals surface area contributed by atoms with Gasteiger partial charge in [0.25, 0.3) is 0 Å². The van der Waals surface area contributed by atoms with Crippen LogP contribution in [0.3, 0.4) is 0 Å². The number of hydrogen-bond donors (Lipinski definition) is 3. The van der Waals surface area contributed by atoms with E-state index < -0.39 is 6.10 Å². The van der Waals surface area contributed by atoms with Crippen LogP contribution >= 0.6 is 15.9 Å². The van der Waals surface area contributed by atoms with Crippen molar-refractivity contribution in [3.8, 4) is 0 Å². The summed E-state index contributed by atoms with van der Waals surface area (Å²) in [6, 6.07) is 5.30. The van der Waals surface area contributed by atoms with Gasteiger partial charge in [0.15, 0.2) is 0 Å². The summed E-state index contributed by atoms with van der Waals surface area (Å²) in [5, 5.41) is 10.5. The number of imidazole rings is 1. The molecule has 0 fully saturated rings. The maximum atomic E-state index is 11.3. The van der Waals surface area contributed by atoms with Gasteiger partial charge < -0.3 is 19.5 Å². The van der Waals surface area contributed by atoms with Crippen molar-refractivity contribution in [2.45, 2.75) is 19.4 Å². The predicted octanol–water partition coefficient (Wildman–Crippen LogP) is 2.86. The summed E-state index contributed by atoms with van der Waals surface area (Å²) >= 11 is 3.43. The molecule has 1 unspecified atom stereocenters. The molecule has 0 bridgehead atoms. The van der Waals surface area contributed by atoms with Crippen LogP contribution in [0.1, 0.15) is 29.9 Å². The van der Waals surface area contributed by atoms with Gasteiger partial charge in [-0.15, -0.1) is 0 Å². The average Bonchev–Trinajstić information content (AvgIpc) is 3.01. The Morgan fingerprint density at radius 3 is 2.70 bits per heavy atom. The van der Waals surface area contributed by atoms with Gasteiger partial charge in [-0.2, -0.15) is 0 Å². The van der Waals surface area contributed by atoms with Gasteiger partial charge in [0.1, 0.15) is 11.9 Å². The molecule has 0 aliphatic rings. The van der Waals surface area contributed by atoms with E-state index in [2.05, 4.69) is 25.9 Å². The quantitative estimate of drug-likeness (QED) is 0.687. The molecule has 2 aromatic heterocycles. The van der Waals surface area contributed by atoms with Crippen LogP contribution in [0.25, 0.3) is 11.0 Å². The van der Waals surface area contributed by atoms with E-state index in [1.54, 1.807) is 24.5 Å². The maximum absolute atomic E-state index is 11.3. The highest BCUT2D eigenvalue weighted by atomic mass is 79.9. The van der Waals surface area contributed by atoms with Crippen LogP contribution in [-0.4, -0.2) is 15.1 Å². The molecule has 0 aliphatic carbocycles. The zero-order valence-electron chi connectivity index (χ0n) is 10.7. The highest BCUT2D eigenvalue weighted by Crippen LogP contribution is 2.33. The Labute approximate surface area is 122 Å². The van der Waals surface area contributed by atoms with Crippen molar-refractivity contribution < 1.29 is 9.52 Å². The first-order chi connectivity index (χ1) is 9.60. The van der Waals surface area contributed by atoms with Crippen molar-refractivity contribution in [2.75, 3.05) is 0 Å². The SMILES string of the molecule is CCc1occc1C(O)c1cc2[nH]c(=O)[nH]c2cc1Br. The van der Waals surface area contributed by atoms with Gasteiger partial charge in [0, 0.05) is 22.0 Å². The molecule has 0 aliphatic heterocycles. The fourth-order valence-corrected chi connectivity index (χ4v) is 2.89. The number of nitrogens with one attached hydrogen (secondary N) is 2. The van der Waals surface area contributed by atoms with Gasteiger partial charge in [-0.1, -0.05) is 22.9 Å². The Kier molecular flexibility index (Phi) is 3.27. The first kappa shape index (κ1) is 13.2. The van der Waals surface area contributed by atoms with E-state index in [4.69, 9.17) is 4.42 Å². The number of aliphatic hydroxyl groups excluding tert-OH is 1. The molecule has 6 heteroatoms.